The maximum atomic E-state index is 12.8. The van der Waals surface area contributed by atoms with E-state index in [0.717, 1.165) is 51.4 Å². The summed E-state index contributed by atoms with van der Waals surface area (Å²) >= 11 is 0. The molecule has 62 heavy (non-hydrogen) atoms. The molecule has 9 heteroatoms. The molecule has 0 aliphatic carbocycles. The number of unbranched alkanes of at least 4 members (excludes halogenated alkanes) is 29. The summed E-state index contributed by atoms with van der Waals surface area (Å²) in [5, 5.41) is 0. The van der Waals surface area contributed by atoms with Crippen LogP contribution in [0.4, 0.5) is 0 Å². The van der Waals surface area contributed by atoms with E-state index in [1.54, 1.807) is 0 Å². The van der Waals surface area contributed by atoms with E-state index in [2.05, 4.69) is 50.3 Å². The molecular formula is C53H103NO7P+. The molecule has 0 amide bonds. The van der Waals surface area contributed by atoms with E-state index >= 15 is 0 Å². The van der Waals surface area contributed by atoms with Gasteiger partial charge in [-0.1, -0.05) is 224 Å². The Balaban J connectivity index is 4.10. The predicted octanol–water partition coefficient (Wildman–Crippen LogP) is 16.1. The number of nitrogens with zero attached hydrogens (tertiary/aromatic N) is 1. The van der Waals surface area contributed by atoms with Gasteiger partial charge in [0.15, 0.2) is 0 Å². The molecule has 0 bridgehead atoms. The summed E-state index contributed by atoms with van der Waals surface area (Å²) in [4.78, 5) is 23.0. The van der Waals surface area contributed by atoms with Crippen LogP contribution in [-0.4, -0.2) is 75.6 Å². The topological polar surface area (TPSA) is 91.3 Å². The van der Waals surface area contributed by atoms with Crippen LogP contribution in [0.15, 0.2) is 36.5 Å². The van der Waals surface area contributed by atoms with Gasteiger partial charge in [0.1, 0.15) is 19.3 Å². The van der Waals surface area contributed by atoms with Crippen LogP contribution in [0.25, 0.3) is 0 Å². The van der Waals surface area contributed by atoms with Crippen molar-refractivity contribution in [2.24, 2.45) is 0 Å². The van der Waals surface area contributed by atoms with Gasteiger partial charge < -0.3 is 18.9 Å². The third kappa shape index (κ3) is 49.7. The second-order valence-corrected chi connectivity index (χ2v) is 20.3. The molecule has 2 unspecified atom stereocenters. The number of allylic oxidation sites excluding steroid dienone is 6. The largest absolute Gasteiger partial charge is 0.472 e. The van der Waals surface area contributed by atoms with E-state index in [-0.39, 0.29) is 25.8 Å². The Hall–Kier alpha value is -1.28. The molecule has 0 aliphatic rings. The molecule has 0 aromatic carbocycles. The average molecular weight is 897 g/mol. The fraction of sp³-hybridized carbons (Fsp3) is 0.868. The van der Waals surface area contributed by atoms with Crippen molar-refractivity contribution in [3.05, 3.63) is 36.5 Å². The van der Waals surface area contributed by atoms with Gasteiger partial charge >= 0.3 is 13.8 Å². The minimum absolute atomic E-state index is 0.0882. The highest BCUT2D eigenvalue weighted by atomic mass is 31.2. The first-order valence-electron chi connectivity index (χ1n) is 26.2. The standard InChI is InChI=1S/C53H102NO7P/c1-6-8-10-12-14-16-18-20-22-24-26-27-28-29-30-32-34-36-38-40-42-44-46-53(55)61-52(51-60-62(56,57)59-49-47-54(3,4)5)50-58-48-45-43-41-39-37-35-33-31-25-23-21-19-17-15-13-11-9-7-2/h9,11,15,17,21,23,52H,6-8,10,12-14,16,18-20,22,24-51H2,1-5H3/p+1/b11-9-,17-15-,23-21-. The molecular weight excluding hydrogens is 794 g/mol. The molecule has 8 nitrogen and oxygen atoms in total. The molecule has 1 N–H and O–H groups in total. The Morgan fingerprint density at radius 1 is 0.516 bits per heavy atom. The Kier molecular flexibility index (Phi) is 45.3. The van der Waals surface area contributed by atoms with Gasteiger partial charge in [-0.15, -0.1) is 0 Å². The molecule has 0 aliphatic heterocycles. The minimum atomic E-state index is -4.28. The van der Waals surface area contributed by atoms with Gasteiger partial charge in [0.2, 0.25) is 0 Å². The first-order chi connectivity index (χ1) is 30.1. The van der Waals surface area contributed by atoms with Crippen molar-refractivity contribution in [1.82, 2.24) is 0 Å². The maximum absolute atomic E-state index is 12.8. The van der Waals surface area contributed by atoms with E-state index in [1.807, 2.05) is 21.1 Å². The van der Waals surface area contributed by atoms with Crippen molar-refractivity contribution in [2.75, 3.05) is 54.1 Å². The lowest BCUT2D eigenvalue weighted by Gasteiger charge is -2.24. The molecule has 0 heterocycles. The summed E-state index contributed by atoms with van der Waals surface area (Å²) in [5.41, 5.74) is 0. The second kappa shape index (κ2) is 46.3. The quantitative estimate of drug-likeness (QED) is 0.0214. The van der Waals surface area contributed by atoms with Crippen molar-refractivity contribution in [1.29, 1.82) is 0 Å². The van der Waals surface area contributed by atoms with E-state index in [1.165, 1.54) is 167 Å². The van der Waals surface area contributed by atoms with Gasteiger partial charge in [0, 0.05) is 13.0 Å². The Morgan fingerprint density at radius 3 is 1.40 bits per heavy atom. The number of likely N-dealkylation sites (N-methyl/N-ethyl adjacent to an activating group) is 1. The molecule has 0 saturated carbocycles. The predicted molar refractivity (Wildman–Crippen MR) is 266 cm³/mol. The molecule has 0 aromatic heterocycles. The molecule has 0 radical (unpaired) electrons. The van der Waals surface area contributed by atoms with Crippen LogP contribution in [0.1, 0.15) is 239 Å². The van der Waals surface area contributed by atoms with Crippen LogP contribution in [0.3, 0.4) is 0 Å². The Morgan fingerprint density at radius 2 is 0.935 bits per heavy atom. The van der Waals surface area contributed by atoms with Crippen molar-refractivity contribution < 1.29 is 37.3 Å². The number of rotatable bonds is 49. The van der Waals surface area contributed by atoms with Crippen LogP contribution in [-0.2, 0) is 27.9 Å². The molecule has 2 atom stereocenters. The normalized spacial score (nSPS) is 13.8. The van der Waals surface area contributed by atoms with Crippen LogP contribution >= 0.6 is 7.82 Å². The summed E-state index contributed by atoms with van der Waals surface area (Å²) in [6, 6.07) is 0. The van der Waals surface area contributed by atoms with Gasteiger partial charge in [-0.3, -0.25) is 13.8 Å². The summed E-state index contributed by atoms with van der Waals surface area (Å²) in [5.74, 6) is -0.312. The zero-order chi connectivity index (χ0) is 45.5. The number of phosphoric acid groups is 1. The van der Waals surface area contributed by atoms with E-state index < -0.39 is 13.9 Å². The maximum Gasteiger partial charge on any atom is 0.472 e. The van der Waals surface area contributed by atoms with Crippen LogP contribution in [0.5, 0.6) is 0 Å². The first kappa shape index (κ1) is 60.7. The number of quaternary nitrogens is 1. The number of carbonyl (C=O) groups excluding carboxylic acids is 1. The first-order valence-corrected chi connectivity index (χ1v) is 27.7. The van der Waals surface area contributed by atoms with Gasteiger partial charge in [0.25, 0.3) is 0 Å². The highest BCUT2D eigenvalue weighted by Crippen LogP contribution is 2.43. The van der Waals surface area contributed by atoms with Crippen LogP contribution < -0.4 is 0 Å². The van der Waals surface area contributed by atoms with Crippen molar-refractivity contribution in [3.63, 3.8) is 0 Å². The van der Waals surface area contributed by atoms with Gasteiger partial charge in [-0.2, -0.15) is 0 Å². The minimum Gasteiger partial charge on any atom is -0.457 e. The Bertz CT molecular complexity index is 1090. The summed E-state index contributed by atoms with van der Waals surface area (Å²) in [6.45, 7) is 5.54. The molecule has 0 fully saturated rings. The van der Waals surface area contributed by atoms with Crippen molar-refractivity contribution in [3.8, 4) is 0 Å². The van der Waals surface area contributed by atoms with E-state index in [9.17, 15) is 14.3 Å². The van der Waals surface area contributed by atoms with Crippen LogP contribution in [0.2, 0.25) is 0 Å². The highest BCUT2D eigenvalue weighted by molar-refractivity contribution is 7.47. The smallest absolute Gasteiger partial charge is 0.457 e. The number of esters is 1. The molecule has 366 valence electrons. The summed E-state index contributed by atoms with van der Waals surface area (Å²) in [7, 11) is 1.67. The SMILES string of the molecule is CC/C=C\C/C=C\C/C=C\CCCCCCCCCCOCC(COP(=O)(O)OCC[N+](C)(C)C)OC(=O)CCCCCCCCCCCCCCCCCCCCCCCC. The average Bonchev–Trinajstić information content (AvgIpc) is 3.23. The molecule has 0 rings (SSSR count). The van der Waals surface area contributed by atoms with Gasteiger partial charge in [-0.25, -0.2) is 4.57 Å². The third-order valence-corrected chi connectivity index (χ3v) is 12.5. The zero-order valence-electron chi connectivity index (χ0n) is 41.6. The number of hydrogen-bond acceptors (Lipinski definition) is 6. The van der Waals surface area contributed by atoms with Crippen LogP contribution in [0, 0.1) is 0 Å². The number of ether oxygens (including phenoxy) is 2. The van der Waals surface area contributed by atoms with Crippen molar-refractivity contribution >= 4 is 13.8 Å². The molecule has 0 aromatic rings. The lowest BCUT2D eigenvalue weighted by atomic mass is 10.0. The fourth-order valence-corrected chi connectivity index (χ4v) is 8.19. The van der Waals surface area contributed by atoms with Gasteiger partial charge in [-0.05, 0) is 44.9 Å². The number of phosphoric ester groups is 1. The van der Waals surface area contributed by atoms with Gasteiger partial charge in [0.05, 0.1) is 34.4 Å². The number of hydrogen-bond donors (Lipinski definition) is 1. The highest BCUT2D eigenvalue weighted by Gasteiger charge is 2.26. The zero-order valence-corrected chi connectivity index (χ0v) is 42.5. The third-order valence-electron chi connectivity index (χ3n) is 11.5. The lowest BCUT2D eigenvalue weighted by molar-refractivity contribution is -0.870. The monoisotopic (exact) mass is 897 g/mol. The fourth-order valence-electron chi connectivity index (χ4n) is 7.45. The van der Waals surface area contributed by atoms with E-state index in [4.69, 9.17) is 18.5 Å². The van der Waals surface area contributed by atoms with E-state index in [0.29, 0.717) is 24.1 Å². The molecule has 0 spiro atoms. The van der Waals surface area contributed by atoms with Crippen molar-refractivity contribution in [2.45, 2.75) is 245 Å². The lowest BCUT2D eigenvalue weighted by Crippen LogP contribution is -2.37. The Labute approximate surface area is 385 Å². The number of carbonyl (C=O) groups is 1. The second-order valence-electron chi connectivity index (χ2n) is 18.9. The summed E-state index contributed by atoms with van der Waals surface area (Å²) < 4.78 is 35.2. The summed E-state index contributed by atoms with van der Waals surface area (Å²) in [6.07, 6.45) is 56.2. The molecule has 0 saturated heterocycles.